The molecule has 1 aliphatic rings. The second kappa shape index (κ2) is 11.2. The summed E-state index contributed by atoms with van der Waals surface area (Å²) >= 11 is 0. The molecule has 0 atom stereocenters. The third-order valence-corrected chi connectivity index (χ3v) is 11.7. The fraction of sp³-hybridized carbons (Fsp3) is 0.0588. The molecule has 250 valence electrons. The molecular formula is C51H36N2. The number of para-hydroxylation sites is 3. The molecule has 0 spiro atoms. The molecule has 10 aromatic rings. The molecule has 0 saturated heterocycles. The van der Waals surface area contributed by atoms with E-state index in [-0.39, 0.29) is 5.41 Å². The zero-order chi connectivity index (χ0) is 35.3. The lowest BCUT2D eigenvalue weighted by molar-refractivity contribution is 0.660. The summed E-state index contributed by atoms with van der Waals surface area (Å²) in [5.41, 5.74) is 17.5. The van der Waals surface area contributed by atoms with Crippen LogP contribution in [0.1, 0.15) is 25.0 Å². The van der Waals surface area contributed by atoms with E-state index in [0.29, 0.717) is 0 Å². The summed E-state index contributed by atoms with van der Waals surface area (Å²) in [5.74, 6) is 0. The Morgan fingerprint density at radius 2 is 0.925 bits per heavy atom. The van der Waals surface area contributed by atoms with Crippen molar-refractivity contribution in [1.82, 2.24) is 9.13 Å². The number of hydrogen-bond donors (Lipinski definition) is 0. The highest BCUT2D eigenvalue weighted by atomic mass is 15.0. The van der Waals surface area contributed by atoms with E-state index in [0.717, 1.165) is 0 Å². The van der Waals surface area contributed by atoms with Crippen molar-refractivity contribution in [1.29, 1.82) is 0 Å². The molecule has 0 unspecified atom stereocenters. The summed E-state index contributed by atoms with van der Waals surface area (Å²) in [7, 11) is 0. The summed E-state index contributed by atoms with van der Waals surface area (Å²) < 4.78 is 4.89. The lowest BCUT2D eigenvalue weighted by atomic mass is 9.82. The molecule has 0 bridgehead atoms. The minimum Gasteiger partial charge on any atom is -0.309 e. The van der Waals surface area contributed by atoms with E-state index in [1.54, 1.807) is 0 Å². The number of fused-ring (bicyclic) bond motifs is 9. The number of rotatable bonds is 4. The van der Waals surface area contributed by atoms with Crippen molar-refractivity contribution < 1.29 is 0 Å². The van der Waals surface area contributed by atoms with Gasteiger partial charge >= 0.3 is 0 Å². The maximum atomic E-state index is 2.51. The van der Waals surface area contributed by atoms with Gasteiger partial charge in [-0.05, 0) is 93.5 Å². The van der Waals surface area contributed by atoms with Crippen molar-refractivity contribution in [2.75, 3.05) is 0 Å². The van der Waals surface area contributed by atoms with Crippen LogP contribution in [0.4, 0.5) is 0 Å². The maximum Gasteiger partial charge on any atom is 0.0619 e. The molecule has 0 amide bonds. The van der Waals surface area contributed by atoms with Crippen LogP contribution in [0.3, 0.4) is 0 Å². The summed E-state index contributed by atoms with van der Waals surface area (Å²) in [4.78, 5) is 0. The smallest absolute Gasteiger partial charge is 0.0619 e. The fourth-order valence-corrected chi connectivity index (χ4v) is 9.21. The largest absolute Gasteiger partial charge is 0.309 e. The van der Waals surface area contributed by atoms with Crippen molar-refractivity contribution in [2.24, 2.45) is 0 Å². The third-order valence-electron chi connectivity index (χ3n) is 11.7. The Kier molecular flexibility index (Phi) is 6.33. The van der Waals surface area contributed by atoms with Crippen molar-refractivity contribution in [3.8, 4) is 44.8 Å². The third kappa shape index (κ3) is 4.33. The van der Waals surface area contributed by atoms with Crippen molar-refractivity contribution >= 4 is 43.6 Å². The lowest BCUT2D eigenvalue weighted by Gasteiger charge is -2.22. The molecule has 8 aromatic carbocycles. The average molecular weight is 677 g/mol. The molecule has 2 heteroatoms. The minimum absolute atomic E-state index is 0.0849. The van der Waals surface area contributed by atoms with Crippen LogP contribution in [-0.2, 0) is 5.41 Å². The van der Waals surface area contributed by atoms with Gasteiger partial charge in [0.15, 0.2) is 0 Å². The van der Waals surface area contributed by atoms with Crippen LogP contribution in [0.25, 0.3) is 88.4 Å². The minimum atomic E-state index is -0.0849. The van der Waals surface area contributed by atoms with Gasteiger partial charge in [0.25, 0.3) is 0 Å². The highest BCUT2D eigenvalue weighted by Crippen LogP contribution is 2.50. The van der Waals surface area contributed by atoms with Crippen LogP contribution in [0.15, 0.2) is 182 Å². The second-order valence-electron chi connectivity index (χ2n) is 15.0. The summed E-state index contributed by atoms with van der Waals surface area (Å²) in [6.45, 7) is 4.73. The number of aromatic nitrogens is 2. The van der Waals surface area contributed by atoms with E-state index >= 15 is 0 Å². The van der Waals surface area contributed by atoms with E-state index in [2.05, 4.69) is 205 Å². The van der Waals surface area contributed by atoms with Gasteiger partial charge in [0, 0.05) is 43.9 Å². The zero-order valence-electron chi connectivity index (χ0n) is 29.7. The number of nitrogens with zero attached hydrogens (tertiary/aromatic N) is 2. The topological polar surface area (TPSA) is 9.86 Å². The van der Waals surface area contributed by atoms with Crippen LogP contribution in [0.2, 0.25) is 0 Å². The van der Waals surface area contributed by atoms with Gasteiger partial charge in [0.2, 0.25) is 0 Å². The fourth-order valence-electron chi connectivity index (χ4n) is 9.21. The average Bonchev–Trinajstić information content (AvgIpc) is 3.81. The van der Waals surface area contributed by atoms with Crippen LogP contribution in [0.5, 0.6) is 0 Å². The van der Waals surface area contributed by atoms with Crippen LogP contribution in [0, 0.1) is 0 Å². The quantitative estimate of drug-likeness (QED) is 0.176. The van der Waals surface area contributed by atoms with Crippen molar-refractivity contribution in [3.05, 3.63) is 193 Å². The van der Waals surface area contributed by atoms with Crippen LogP contribution >= 0.6 is 0 Å². The highest BCUT2D eigenvalue weighted by Gasteiger charge is 2.35. The van der Waals surface area contributed by atoms with Gasteiger partial charge in [-0.15, -0.1) is 0 Å². The number of hydrogen-bond acceptors (Lipinski definition) is 0. The first-order valence-electron chi connectivity index (χ1n) is 18.5. The molecule has 0 aliphatic heterocycles. The molecule has 0 N–H and O–H groups in total. The van der Waals surface area contributed by atoms with Crippen molar-refractivity contribution in [2.45, 2.75) is 19.3 Å². The standard InChI is InChI=1S/C51H36N2/c1-51(2)45-22-11-9-18-39(45)40-27-26-37(32-46(40)51)53-49-29-25-35(31-44(49)42-21-13-20-38(50(42)53)33-14-5-3-6-15-33)34-24-28-48-43(30-34)41-19-10-12-23-47(41)52(48)36-16-7-4-8-17-36/h3-32H,1-2H3. The van der Waals surface area contributed by atoms with E-state index < -0.39 is 0 Å². The molecule has 0 fully saturated rings. The molecule has 53 heavy (non-hydrogen) atoms. The highest BCUT2D eigenvalue weighted by molar-refractivity contribution is 6.15. The predicted octanol–water partition coefficient (Wildman–Crippen LogP) is 13.5. The Morgan fingerprint density at radius 1 is 0.340 bits per heavy atom. The van der Waals surface area contributed by atoms with Gasteiger partial charge in [0.05, 0.1) is 22.1 Å². The summed E-state index contributed by atoms with van der Waals surface area (Å²) in [6, 6.07) is 67.1. The monoisotopic (exact) mass is 676 g/mol. The molecular weight excluding hydrogens is 641 g/mol. The molecule has 0 radical (unpaired) electrons. The predicted molar refractivity (Wildman–Crippen MR) is 224 cm³/mol. The van der Waals surface area contributed by atoms with Gasteiger partial charge in [0.1, 0.15) is 0 Å². The molecule has 2 nitrogen and oxygen atoms in total. The normalized spacial score (nSPS) is 13.2. The number of benzene rings is 8. The van der Waals surface area contributed by atoms with E-state index in [9.17, 15) is 0 Å². The molecule has 2 heterocycles. The second-order valence-corrected chi connectivity index (χ2v) is 15.0. The Bertz CT molecular complexity index is 3070. The van der Waals surface area contributed by atoms with Gasteiger partial charge in [-0.2, -0.15) is 0 Å². The van der Waals surface area contributed by atoms with E-state index in [4.69, 9.17) is 0 Å². The molecule has 11 rings (SSSR count). The Balaban J connectivity index is 1.15. The van der Waals surface area contributed by atoms with Gasteiger partial charge in [-0.25, -0.2) is 0 Å². The van der Waals surface area contributed by atoms with Gasteiger partial charge in [-0.1, -0.05) is 141 Å². The first-order chi connectivity index (χ1) is 26.1. The van der Waals surface area contributed by atoms with Gasteiger partial charge in [-0.3, -0.25) is 0 Å². The van der Waals surface area contributed by atoms with E-state index in [1.807, 2.05) is 0 Å². The van der Waals surface area contributed by atoms with Crippen LogP contribution in [-0.4, -0.2) is 9.13 Å². The summed E-state index contributed by atoms with van der Waals surface area (Å²) in [6.07, 6.45) is 0. The maximum absolute atomic E-state index is 2.51. The van der Waals surface area contributed by atoms with Gasteiger partial charge < -0.3 is 9.13 Å². The molecule has 0 saturated carbocycles. The molecule has 2 aromatic heterocycles. The van der Waals surface area contributed by atoms with E-state index in [1.165, 1.54) is 99.5 Å². The molecule has 1 aliphatic carbocycles. The Labute approximate surface area is 308 Å². The SMILES string of the molecule is CC1(C)c2ccccc2-c2ccc(-n3c4ccc(-c5ccc6c(c5)c5ccccc5n6-c5ccccc5)cc4c4cccc(-c5ccccc5)c43)cc21. The Morgan fingerprint density at radius 3 is 1.72 bits per heavy atom. The first-order valence-corrected chi connectivity index (χ1v) is 18.5. The first kappa shape index (κ1) is 30.0. The lowest BCUT2D eigenvalue weighted by Crippen LogP contribution is -2.15. The summed E-state index contributed by atoms with van der Waals surface area (Å²) in [5, 5.41) is 5.04. The zero-order valence-corrected chi connectivity index (χ0v) is 29.7. The van der Waals surface area contributed by atoms with Crippen LogP contribution < -0.4 is 0 Å². The Hall–Kier alpha value is -6.64. The van der Waals surface area contributed by atoms with Crippen molar-refractivity contribution in [3.63, 3.8) is 0 Å².